The van der Waals surface area contributed by atoms with Crippen LogP contribution in [-0.2, 0) is 0 Å². The summed E-state index contributed by atoms with van der Waals surface area (Å²) >= 11 is 0. The maximum absolute atomic E-state index is 9.60. The molecule has 0 amide bonds. The first-order valence-corrected chi connectivity index (χ1v) is 3.87. The maximum Gasteiger partial charge on any atom is 0.0808 e. The minimum Gasteiger partial charge on any atom is -0.388 e. The van der Waals surface area contributed by atoms with Crippen LogP contribution in [0.15, 0.2) is 24.3 Å². The fraction of sp³-hybridized carbons (Fsp3) is 0.600. The molecule has 1 unspecified atom stereocenters. The highest BCUT2D eigenvalue weighted by Crippen LogP contribution is 2.23. The highest BCUT2D eigenvalue weighted by Gasteiger charge is 2.21. The number of aliphatic hydroxyl groups excluding tert-OH is 1. The summed E-state index contributed by atoms with van der Waals surface area (Å²) in [5.41, 5.74) is 0.907. The van der Waals surface area contributed by atoms with Crippen molar-refractivity contribution in [2.75, 3.05) is 0 Å². The van der Waals surface area contributed by atoms with Crippen molar-refractivity contribution in [1.29, 1.82) is 0 Å². The van der Waals surface area contributed by atoms with Gasteiger partial charge >= 0.3 is 0 Å². The molecule has 0 rings (SSSR count). The first-order valence-electron chi connectivity index (χ1n) is 3.87. The molecular weight excluding hydrogens is 136 g/mol. The van der Waals surface area contributed by atoms with Gasteiger partial charge in [0.05, 0.1) is 6.10 Å². The summed E-state index contributed by atoms with van der Waals surface area (Å²) in [4.78, 5) is 0. The van der Waals surface area contributed by atoms with E-state index in [9.17, 15) is 5.11 Å². The summed E-state index contributed by atoms with van der Waals surface area (Å²) in [5.74, 6) is 0. The molecule has 0 aromatic carbocycles. The van der Waals surface area contributed by atoms with Crippen LogP contribution in [0, 0.1) is 5.41 Å². The molecule has 1 heteroatoms. The zero-order valence-electron chi connectivity index (χ0n) is 7.89. The van der Waals surface area contributed by atoms with Gasteiger partial charge in [0.15, 0.2) is 0 Å². The Bertz CT molecular complexity index is 162. The normalized spacial score (nSPS) is 13.9. The van der Waals surface area contributed by atoms with E-state index in [1.165, 1.54) is 0 Å². The van der Waals surface area contributed by atoms with Gasteiger partial charge in [0.1, 0.15) is 0 Å². The highest BCUT2D eigenvalue weighted by atomic mass is 16.3. The molecule has 0 aromatic heterocycles. The van der Waals surface area contributed by atoms with Crippen molar-refractivity contribution in [2.45, 2.75) is 33.8 Å². The Balaban J connectivity index is 4.35. The second-order valence-corrected chi connectivity index (χ2v) is 3.71. The summed E-state index contributed by atoms with van der Waals surface area (Å²) in [6, 6.07) is 0. The third kappa shape index (κ3) is 3.38. The van der Waals surface area contributed by atoms with E-state index in [4.69, 9.17) is 0 Å². The first-order chi connectivity index (χ1) is 4.90. The van der Waals surface area contributed by atoms with Gasteiger partial charge < -0.3 is 5.11 Å². The van der Waals surface area contributed by atoms with Crippen LogP contribution in [0.25, 0.3) is 0 Å². The minimum atomic E-state index is -0.426. The van der Waals surface area contributed by atoms with Gasteiger partial charge in [-0.25, -0.2) is 0 Å². The minimum absolute atomic E-state index is 0.225. The van der Waals surface area contributed by atoms with Crippen molar-refractivity contribution in [3.8, 4) is 0 Å². The molecule has 0 aliphatic heterocycles. The smallest absolute Gasteiger partial charge is 0.0808 e. The fourth-order valence-corrected chi connectivity index (χ4v) is 0.651. The first kappa shape index (κ1) is 10.4. The van der Waals surface area contributed by atoms with Gasteiger partial charge in [-0.3, -0.25) is 0 Å². The lowest BCUT2D eigenvalue weighted by molar-refractivity contribution is 0.125. The molecule has 1 atom stereocenters. The van der Waals surface area contributed by atoms with Crippen LogP contribution in [-0.4, -0.2) is 11.2 Å². The van der Waals surface area contributed by atoms with E-state index in [2.05, 4.69) is 6.58 Å². The monoisotopic (exact) mass is 154 g/mol. The molecule has 0 aliphatic rings. The van der Waals surface area contributed by atoms with Crippen molar-refractivity contribution in [3.05, 3.63) is 24.3 Å². The Morgan fingerprint density at radius 1 is 1.45 bits per heavy atom. The standard InChI is InChI=1S/C10H18O/c1-6-10(4,5)9(11)7-8(2)3/h6-7,9,11H,1H2,2-5H3. The van der Waals surface area contributed by atoms with Gasteiger partial charge in [-0.1, -0.05) is 31.6 Å². The van der Waals surface area contributed by atoms with Crippen LogP contribution >= 0.6 is 0 Å². The molecule has 0 saturated carbocycles. The zero-order valence-corrected chi connectivity index (χ0v) is 7.89. The molecule has 1 nitrogen and oxygen atoms in total. The average Bonchev–Trinajstić information content (AvgIpc) is 1.86. The highest BCUT2D eigenvalue weighted by molar-refractivity contribution is 5.07. The van der Waals surface area contributed by atoms with Crippen LogP contribution in [0.3, 0.4) is 0 Å². The lowest BCUT2D eigenvalue weighted by Gasteiger charge is -2.24. The van der Waals surface area contributed by atoms with E-state index in [1.54, 1.807) is 6.08 Å². The van der Waals surface area contributed by atoms with Crippen molar-refractivity contribution in [3.63, 3.8) is 0 Å². The Morgan fingerprint density at radius 2 is 1.91 bits per heavy atom. The average molecular weight is 154 g/mol. The lowest BCUT2D eigenvalue weighted by Crippen LogP contribution is -2.24. The largest absolute Gasteiger partial charge is 0.388 e. The molecule has 0 spiro atoms. The Labute approximate surface area is 69.4 Å². The predicted molar refractivity (Wildman–Crippen MR) is 49.4 cm³/mol. The molecular formula is C10H18O. The molecule has 64 valence electrons. The molecule has 0 bridgehead atoms. The summed E-state index contributed by atoms with van der Waals surface area (Å²) in [7, 11) is 0. The van der Waals surface area contributed by atoms with Crippen molar-refractivity contribution >= 4 is 0 Å². The van der Waals surface area contributed by atoms with Gasteiger partial charge in [-0.15, -0.1) is 6.58 Å². The van der Waals surface area contributed by atoms with Crippen LogP contribution in [0.4, 0.5) is 0 Å². The van der Waals surface area contributed by atoms with Gasteiger partial charge in [-0.05, 0) is 13.8 Å². The Hall–Kier alpha value is -0.560. The van der Waals surface area contributed by atoms with Gasteiger partial charge in [0, 0.05) is 5.41 Å². The second-order valence-electron chi connectivity index (χ2n) is 3.71. The van der Waals surface area contributed by atoms with Gasteiger partial charge in [-0.2, -0.15) is 0 Å². The van der Waals surface area contributed by atoms with Crippen LogP contribution in [0.1, 0.15) is 27.7 Å². The number of hydrogen-bond donors (Lipinski definition) is 1. The summed E-state index contributed by atoms with van der Waals surface area (Å²) in [6.45, 7) is 11.5. The van der Waals surface area contributed by atoms with Crippen molar-refractivity contribution in [1.82, 2.24) is 0 Å². The maximum atomic E-state index is 9.60. The quantitative estimate of drug-likeness (QED) is 0.619. The van der Waals surface area contributed by atoms with Crippen molar-refractivity contribution < 1.29 is 5.11 Å². The van der Waals surface area contributed by atoms with E-state index in [0.717, 1.165) is 5.57 Å². The molecule has 0 radical (unpaired) electrons. The van der Waals surface area contributed by atoms with Gasteiger partial charge in [0.25, 0.3) is 0 Å². The third-order valence-corrected chi connectivity index (χ3v) is 1.78. The molecule has 0 aliphatic carbocycles. The third-order valence-electron chi connectivity index (χ3n) is 1.78. The SMILES string of the molecule is C=CC(C)(C)C(O)C=C(C)C. The van der Waals surface area contributed by atoms with E-state index in [-0.39, 0.29) is 5.41 Å². The fourth-order valence-electron chi connectivity index (χ4n) is 0.651. The van der Waals surface area contributed by atoms with Gasteiger partial charge in [0.2, 0.25) is 0 Å². The molecule has 0 saturated heterocycles. The zero-order chi connectivity index (χ0) is 9.07. The van der Waals surface area contributed by atoms with E-state index in [1.807, 2.05) is 33.8 Å². The van der Waals surface area contributed by atoms with Crippen LogP contribution in [0.5, 0.6) is 0 Å². The topological polar surface area (TPSA) is 20.2 Å². The number of rotatable bonds is 3. The van der Waals surface area contributed by atoms with E-state index in [0.29, 0.717) is 0 Å². The summed E-state index contributed by atoms with van der Waals surface area (Å²) in [5, 5.41) is 9.60. The Kier molecular flexibility index (Phi) is 3.53. The van der Waals surface area contributed by atoms with E-state index < -0.39 is 6.10 Å². The number of allylic oxidation sites excluding steroid dienone is 1. The Morgan fingerprint density at radius 3 is 2.18 bits per heavy atom. The van der Waals surface area contributed by atoms with Crippen molar-refractivity contribution in [2.24, 2.45) is 5.41 Å². The molecule has 0 heterocycles. The second kappa shape index (κ2) is 3.72. The van der Waals surface area contributed by atoms with Crippen LogP contribution < -0.4 is 0 Å². The molecule has 1 N–H and O–H groups in total. The molecule has 11 heavy (non-hydrogen) atoms. The number of hydrogen-bond acceptors (Lipinski definition) is 1. The molecule has 0 aromatic rings. The lowest BCUT2D eigenvalue weighted by atomic mass is 9.86. The predicted octanol–water partition coefficient (Wildman–Crippen LogP) is 2.53. The summed E-state index contributed by atoms with van der Waals surface area (Å²) in [6.07, 6.45) is 3.20. The summed E-state index contributed by atoms with van der Waals surface area (Å²) < 4.78 is 0. The van der Waals surface area contributed by atoms with Crippen LogP contribution in [0.2, 0.25) is 0 Å². The molecule has 0 fully saturated rings. The number of aliphatic hydroxyl groups is 1. The van der Waals surface area contributed by atoms with E-state index >= 15 is 0 Å².